The van der Waals surface area contributed by atoms with Crippen LogP contribution in [-0.4, -0.2) is 55.8 Å². The van der Waals surface area contributed by atoms with Gasteiger partial charge in [-0.1, -0.05) is 70.7 Å². The van der Waals surface area contributed by atoms with Gasteiger partial charge in [-0.3, -0.25) is 29.6 Å². The number of allylic oxidation sites excluding steroid dienone is 2. The first-order valence-electron chi connectivity index (χ1n) is 17.8. The lowest BCUT2D eigenvalue weighted by Gasteiger charge is -2.50. The lowest BCUT2D eigenvalue weighted by molar-refractivity contribution is -0.142. The second-order valence-corrected chi connectivity index (χ2v) is 15.9. The first kappa shape index (κ1) is 41.3. The van der Waals surface area contributed by atoms with E-state index in [-0.39, 0.29) is 39.6 Å². The second kappa shape index (κ2) is 14.3. The van der Waals surface area contributed by atoms with Crippen LogP contribution in [0.4, 0.5) is 42.4 Å². The van der Waals surface area contributed by atoms with E-state index in [2.05, 4.69) is 15.4 Å². The van der Waals surface area contributed by atoms with E-state index in [1.807, 2.05) is 0 Å². The quantitative estimate of drug-likeness (QED) is 0.111. The van der Waals surface area contributed by atoms with Gasteiger partial charge in [0, 0.05) is 29.7 Å². The van der Waals surface area contributed by atoms with E-state index < -0.39 is 110 Å². The summed E-state index contributed by atoms with van der Waals surface area (Å²) in [6, 6.07) is 11.3. The molecule has 4 aliphatic rings. The third kappa shape index (κ3) is 6.24. The Morgan fingerprint density at radius 2 is 1.58 bits per heavy atom. The highest BCUT2D eigenvalue weighted by molar-refractivity contribution is 6.33. The number of hydrogen-bond acceptors (Lipinski definition) is 9. The zero-order chi connectivity index (χ0) is 43.4. The summed E-state index contributed by atoms with van der Waals surface area (Å²) >= 11 is 18.7. The van der Waals surface area contributed by atoms with Crippen LogP contribution in [0.15, 0.2) is 78.5 Å². The highest BCUT2D eigenvalue weighted by Crippen LogP contribution is 2.65. The van der Waals surface area contributed by atoms with Crippen molar-refractivity contribution in [1.29, 1.82) is 0 Å². The van der Waals surface area contributed by atoms with E-state index in [0.29, 0.717) is 28.3 Å². The molecule has 4 aromatic rings. The number of fused-ring (bicyclic) bond motifs is 4. The maximum Gasteiger partial charge on any atom is 0.433 e. The van der Waals surface area contributed by atoms with Crippen molar-refractivity contribution in [3.63, 3.8) is 0 Å². The average molecular weight is 898 g/mol. The molecular weight excluding hydrogens is 872 g/mol. The molecule has 2 aromatic carbocycles. The summed E-state index contributed by atoms with van der Waals surface area (Å²) in [5.74, 6) is -13.4. The van der Waals surface area contributed by atoms with Gasteiger partial charge in [-0.25, -0.2) is 14.4 Å². The van der Waals surface area contributed by atoms with Crippen molar-refractivity contribution in [2.24, 2.45) is 23.7 Å². The van der Waals surface area contributed by atoms with Gasteiger partial charge in [0.1, 0.15) is 5.69 Å². The van der Waals surface area contributed by atoms with E-state index in [9.17, 15) is 45.8 Å². The number of pyridine rings is 2. The number of anilines is 2. The van der Waals surface area contributed by atoms with Crippen molar-refractivity contribution >= 4 is 70.1 Å². The van der Waals surface area contributed by atoms with Crippen molar-refractivity contribution in [3.8, 4) is 5.75 Å². The van der Waals surface area contributed by atoms with Gasteiger partial charge in [-0.05, 0) is 60.7 Å². The fourth-order valence-electron chi connectivity index (χ4n) is 9.08. The second-order valence-electron chi connectivity index (χ2n) is 14.6. The highest BCUT2D eigenvalue weighted by atomic mass is 35.5. The maximum atomic E-state index is 15.4. The lowest BCUT2D eigenvalue weighted by atomic mass is 9.49. The van der Waals surface area contributed by atoms with Crippen LogP contribution < -0.4 is 10.4 Å². The Morgan fingerprint density at radius 3 is 2.23 bits per heavy atom. The monoisotopic (exact) mass is 896 g/mol. The number of carbonyl (C=O) groups is 4. The number of hydrazine groups is 2. The number of nitrogens with zero attached hydrogens (tertiary/aromatic N) is 5. The van der Waals surface area contributed by atoms with Crippen LogP contribution in [0.3, 0.4) is 0 Å². The van der Waals surface area contributed by atoms with Crippen LogP contribution in [0.5, 0.6) is 5.75 Å². The third-order valence-corrected chi connectivity index (χ3v) is 12.4. The number of para-hydroxylation sites is 1. The molecule has 1 saturated carbocycles. The van der Waals surface area contributed by atoms with Crippen LogP contribution in [-0.2, 0) is 36.9 Å². The minimum Gasteiger partial charge on any atom is -0.505 e. The fraction of sp³-hybridized carbons (Fsp3) is 0.282. The zero-order valence-corrected chi connectivity index (χ0v) is 32.6. The molecule has 312 valence electrons. The van der Waals surface area contributed by atoms with Gasteiger partial charge in [0.15, 0.2) is 23.2 Å². The molecule has 4 heterocycles. The minimum atomic E-state index is -4.91. The van der Waals surface area contributed by atoms with Crippen LogP contribution >= 0.6 is 34.8 Å². The number of alkyl halides is 6. The van der Waals surface area contributed by atoms with E-state index >= 15 is 9.18 Å². The van der Waals surface area contributed by atoms with Gasteiger partial charge in [0.2, 0.25) is 0 Å². The topological polar surface area (TPSA) is 136 Å². The Hall–Kier alpha value is -5.46. The summed E-state index contributed by atoms with van der Waals surface area (Å²) in [5, 5.41) is 12.6. The fourth-order valence-corrected chi connectivity index (χ4v) is 9.64. The van der Waals surface area contributed by atoms with Crippen molar-refractivity contribution in [2.45, 2.75) is 36.5 Å². The molecule has 2 saturated heterocycles. The third-order valence-electron chi connectivity index (χ3n) is 11.6. The van der Waals surface area contributed by atoms with E-state index in [0.717, 1.165) is 24.2 Å². The summed E-state index contributed by atoms with van der Waals surface area (Å²) in [7, 11) is 1.12. The molecule has 60 heavy (non-hydrogen) atoms. The van der Waals surface area contributed by atoms with Crippen molar-refractivity contribution in [1.82, 2.24) is 20.0 Å². The predicted molar refractivity (Wildman–Crippen MR) is 199 cm³/mol. The first-order chi connectivity index (χ1) is 28.2. The highest BCUT2D eigenvalue weighted by Gasteiger charge is 2.71. The number of halogens is 10. The van der Waals surface area contributed by atoms with Gasteiger partial charge in [0.25, 0.3) is 23.6 Å². The number of rotatable bonds is 6. The van der Waals surface area contributed by atoms with Gasteiger partial charge in [-0.15, -0.1) is 0 Å². The van der Waals surface area contributed by atoms with Crippen molar-refractivity contribution in [2.75, 3.05) is 17.5 Å². The average Bonchev–Trinajstić information content (AvgIpc) is 3.56. The number of imide groups is 2. The van der Waals surface area contributed by atoms with Gasteiger partial charge >= 0.3 is 12.4 Å². The number of benzene rings is 2. The van der Waals surface area contributed by atoms with Crippen molar-refractivity contribution < 1.29 is 55.0 Å². The molecule has 2 N–H and O–H groups in total. The number of carbonyl (C=O) groups excluding carboxylic acids is 4. The predicted octanol–water partition coefficient (Wildman–Crippen LogP) is 8.36. The molecule has 2 aliphatic heterocycles. The molecular formula is C39H26Cl3F7N6O5. The standard InChI is InChI=1S/C39H26Cl3F7N6O5/c1-53(32-24(41)11-12-27(51-32)39(47,48)49)55-33(57)20-10-9-19-22(28(20)35(55)59)14-23-34(58)54(52-31-25(42)13-17(15-50-31)38(44,45)46)36(60)37(23,16-5-7-18(40)8-6-16)29(19)21-3-2-4-26(43)30(21)56/h2-9,11-13,15,20,22-23,28-29,56H,10,14H2,1H3,(H,50,52). The molecule has 21 heteroatoms. The van der Waals surface area contributed by atoms with E-state index in [4.69, 9.17) is 34.8 Å². The number of amides is 4. The Kier molecular flexibility index (Phi) is 9.86. The number of hydrogen-bond donors (Lipinski definition) is 2. The summed E-state index contributed by atoms with van der Waals surface area (Å²) < 4.78 is 96.9. The lowest BCUT2D eigenvalue weighted by Crippen LogP contribution is -2.53. The Labute approximate surface area is 349 Å². The largest absolute Gasteiger partial charge is 0.505 e. The van der Waals surface area contributed by atoms with Crippen LogP contribution in [0.2, 0.25) is 15.1 Å². The molecule has 0 bridgehead atoms. The summed E-state index contributed by atoms with van der Waals surface area (Å²) in [6.45, 7) is 0. The minimum absolute atomic E-state index is 0.140. The number of aromatic hydroxyl groups is 1. The number of phenols is 1. The van der Waals surface area contributed by atoms with Gasteiger partial charge in [0.05, 0.1) is 38.8 Å². The molecule has 6 unspecified atom stereocenters. The van der Waals surface area contributed by atoms with Crippen LogP contribution in [0, 0.1) is 29.5 Å². The van der Waals surface area contributed by atoms with E-state index in [1.165, 1.54) is 36.4 Å². The van der Waals surface area contributed by atoms with Crippen molar-refractivity contribution in [3.05, 3.63) is 122 Å². The Bertz CT molecular complexity index is 2540. The maximum absolute atomic E-state index is 15.4. The van der Waals surface area contributed by atoms with Gasteiger partial charge < -0.3 is 5.11 Å². The summed E-state index contributed by atoms with van der Waals surface area (Å²) in [4.78, 5) is 66.1. The SMILES string of the molecule is CN(c1nc(C(F)(F)F)ccc1Cl)N1C(=O)C2CC=C3C(CC4C(=O)N(Nc5ncc(C(F)(F)F)cc5Cl)C(=O)C4(c4ccc(Cl)cc4)C3c3cccc(F)c3O)C2C1=O. The number of aromatic nitrogens is 2. The normalized spacial score (nSPS) is 25.2. The Balaban J connectivity index is 1.28. The molecule has 4 amide bonds. The molecule has 0 spiro atoms. The Morgan fingerprint density at radius 1 is 0.883 bits per heavy atom. The molecule has 3 fully saturated rings. The smallest absolute Gasteiger partial charge is 0.433 e. The molecule has 8 rings (SSSR count). The molecule has 6 atom stereocenters. The molecule has 11 nitrogen and oxygen atoms in total. The molecule has 0 radical (unpaired) electrons. The zero-order valence-electron chi connectivity index (χ0n) is 30.3. The summed E-state index contributed by atoms with van der Waals surface area (Å²) in [5.41, 5.74) is -2.02. The first-order valence-corrected chi connectivity index (χ1v) is 19.0. The number of phenolic OH excluding ortho intramolecular Hbond substituents is 1. The van der Waals surface area contributed by atoms with Gasteiger partial charge in [-0.2, -0.15) is 36.4 Å². The summed E-state index contributed by atoms with van der Waals surface area (Å²) in [6.07, 6.45) is -8.30. The number of nitrogens with one attached hydrogen (secondary N) is 1. The molecule has 2 aliphatic carbocycles. The van der Waals surface area contributed by atoms with Crippen LogP contribution in [0.1, 0.15) is 41.1 Å². The molecule has 2 aromatic heterocycles. The van der Waals surface area contributed by atoms with Crippen LogP contribution in [0.25, 0.3) is 0 Å². The van der Waals surface area contributed by atoms with E-state index in [1.54, 1.807) is 6.08 Å².